The molecule has 0 saturated heterocycles. The summed E-state index contributed by atoms with van der Waals surface area (Å²) in [4.78, 5) is 0. The van der Waals surface area contributed by atoms with Crippen molar-refractivity contribution in [3.8, 4) is 0 Å². The van der Waals surface area contributed by atoms with Crippen molar-refractivity contribution in [1.29, 1.82) is 0 Å². The minimum absolute atomic E-state index is 0.0932. The first-order valence-corrected chi connectivity index (χ1v) is 6.90. The highest BCUT2D eigenvalue weighted by atomic mass is 19.4. The molecule has 1 rings (SSSR count). The van der Waals surface area contributed by atoms with Gasteiger partial charge in [0.2, 0.25) is 0 Å². The fourth-order valence-corrected chi connectivity index (χ4v) is 1.97. The van der Waals surface area contributed by atoms with Gasteiger partial charge in [0.25, 0.3) is 0 Å². The molecule has 0 radical (unpaired) electrons. The summed E-state index contributed by atoms with van der Waals surface area (Å²) in [5.41, 5.74) is 1.03. The molecule has 0 heterocycles. The van der Waals surface area contributed by atoms with Crippen molar-refractivity contribution in [3.05, 3.63) is 35.9 Å². The highest BCUT2D eigenvalue weighted by Crippen LogP contribution is 2.22. The van der Waals surface area contributed by atoms with E-state index < -0.39 is 12.6 Å². The molecule has 0 saturated carbocycles. The lowest BCUT2D eigenvalue weighted by atomic mass is 10.0. The van der Waals surface area contributed by atoms with Crippen LogP contribution < -0.4 is 5.32 Å². The van der Waals surface area contributed by atoms with E-state index in [1.807, 2.05) is 37.3 Å². The van der Waals surface area contributed by atoms with Gasteiger partial charge in [0.1, 0.15) is 0 Å². The van der Waals surface area contributed by atoms with E-state index >= 15 is 0 Å². The molecule has 1 aromatic rings. The summed E-state index contributed by atoms with van der Waals surface area (Å²) in [7, 11) is 0. The van der Waals surface area contributed by atoms with Crippen molar-refractivity contribution in [2.45, 2.75) is 45.0 Å². The lowest BCUT2D eigenvalue weighted by Gasteiger charge is -2.26. The van der Waals surface area contributed by atoms with Gasteiger partial charge in [0.15, 0.2) is 0 Å². The average Bonchev–Trinajstić information content (AvgIpc) is 2.39. The van der Waals surface area contributed by atoms with E-state index in [0.717, 1.165) is 18.5 Å². The van der Waals surface area contributed by atoms with Crippen LogP contribution in [0, 0.1) is 0 Å². The van der Waals surface area contributed by atoms with E-state index in [9.17, 15) is 13.2 Å². The fraction of sp³-hybridized carbons (Fsp3) is 0.600. The summed E-state index contributed by atoms with van der Waals surface area (Å²) in [6.45, 7) is 4.34. The number of hydrogen-bond donors (Lipinski definition) is 1. The molecule has 2 nitrogen and oxygen atoms in total. The van der Waals surface area contributed by atoms with E-state index in [2.05, 4.69) is 5.32 Å². The Hall–Kier alpha value is -1.07. The number of ether oxygens (including phenoxy) is 1. The maximum absolute atomic E-state index is 12.1. The lowest BCUT2D eigenvalue weighted by Crippen LogP contribution is -2.33. The summed E-state index contributed by atoms with van der Waals surface area (Å²) in [5.74, 6) is 0. The second-order valence-electron chi connectivity index (χ2n) is 4.78. The Morgan fingerprint density at radius 1 is 1.20 bits per heavy atom. The highest BCUT2D eigenvalue weighted by molar-refractivity contribution is 5.19. The van der Waals surface area contributed by atoms with Crippen molar-refractivity contribution in [3.63, 3.8) is 0 Å². The summed E-state index contributed by atoms with van der Waals surface area (Å²) < 4.78 is 41.8. The number of alkyl halides is 3. The lowest BCUT2D eigenvalue weighted by molar-refractivity contribution is -0.149. The average molecular weight is 289 g/mol. The standard InChI is InChI=1S/C15H22F3NO/c1-3-10-19-14(13-7-5-4-6-8-13)12(2)20-11-9-15(16,17)18/h4-8,12,14,19H,3,9-11H2,1-2H3. The molecule has 5 heteroatoms. The molecule has 0 aliphatic rings. The van der Waals surface area contributed by atoms with Gasteiger partial charge in [-0.15, -0.1) is 0 Å². The van der Waals surface area contributed by atoms with E-state index in [1.165, 1.54) is 0 Å². The first kappa shape index (κ1) is 17.0. The minimum Gasteiger partial charge on any atom is -0.376 e. The van der Waals surface area contributed by atoms with Crippen LogP contribution in [-0.4, -0.2) is 25.4 Å². The summed E-state index contributed by atoms with van der Waals surface area (Å²) in [6.07, 6.45) is -4.43. The Morgan fingerprint density at radius 2 is 1.85 bits per heavy atom. The fourth-order valence-electron chi connectivity index (χ4n) is 1.97. The van der Waals surface area contributed by atoms with E-state index in [0.29, 0.717) is 0 Å². The molecule has 0 aromatic heterocycles. The Balaban J connectivity index is 2.59. The van der Waals surface area contributed by atoms with Gasteiger partial charge in [-0.1, -0.05) is 37.3 Å². The van der Waals surface area contributed by atoms with Crippen LogP contribution in [0.3, 0.4) is 0 Å². The van der Waals surface area contributed by atoms with Gasteiger partial charge < -0.3 is 10.1 Å². The molecule has 1 aromatic carbocycles. The monoisotopic (exact) mass is 289 g/mol. The van der Waals surface area contributed by atoms with Crippen LogP contribution in [0.15, 0.2) is 30.3 Å². The Labute approximate surface area is 118 Å². The molecular weight excluding hydrogens is 267 g/mol. The van der Waals surface area contributed by atoms with E-state index in [4.69, 9.17) is 4.74 Å². The topological polar surface area (TPSA) is 21.3 Å². The molecule has 114 valence electrons. The van der Waals surface area contributed by atoms with Crippen molar-refractivity contribution < 1.29 is 17.9 Å². The van der Waals surface area contributed by atoms with Crippen molar-refractivity contribution in [2.24, 2.45) is 0 Å². The predicted octanol–water partition coefficient (Wildman–Crippen LogP) is 4.08. The largest absolute Gasteiger partial charge is 0.391 e. The number of nitrogens with one attached hydrogen (secondary N) is 1. The van der Waals surface area contributed by atoms with Crippen LogP contribution in [0.4, 0.5) is 13.2 Å². The molecular formula is C15H22F3NO. The first-order chi connectivity index (χ1) is 9.44. The van der Waals surface area contributed by atoms with Gasteiger partial charge in [-0.2, -0.15) is 13.2 Å². The molecule has 0 amide bonds. The Kier molecular flexibility index (Phi) is 7.02. The van der Waals surface area contributed by atoms with E-state index in [1.54, 1.807) is 6.92 Å². The summed E-state index contributed by atoms with van der Waals surface area (Å²) in [6, 6.07) is 9.56. The van der Waals surface area contributed by atoms with Gasteiger partial charge >= 0.3 is 6.18 Å². The third kappa shape index (κ3) is 6.39. The number of halogens is 3. The molecule has 0 aliphatic heterocycles. The zero-order valence-corrected chi connectivity index (χ0v) is 11.9. The maximum atomic E-state index is 12.1. The molecule has 2 atom stereocenters. The maximum Gasteiger partial charge on any atom is 0.391 e. The van der Waals surface area contributed by atoms with Gasteiger partial charge in [-0.25, -0.2) is 0 Å². The van der Waals surface area contributed by atoms with Gasteiger partial charge in [-0.3, -0.25) is 0 Å². The SMILES string of the molecule is CCCNC(c1ccccc1)C(C)OCCC(F)(F)F. The predicted molar refractivity (Wildman–Crippen MR) is 73.6 cm³/mol. The first-order valence-electron chi connectivity index (χ1n) is 6.90. The van der Waals surface area contributed by atoms with E-state index in [-0.39, 0.29) is 18.8 Å². The highest BCUT2D eigenvalue weighted by Gasteiger charge is 2.28. The van der Waals surface area contributed by atoms with Crippen LogP contribution in [0.5, 0.6) is 0 Å². The van der Waals surface area contributed by atoms with Gasteiger partial charge in [0, 0.05) is 0 Å². The van der Waals surface area contributed by atoms with Crippen molar-refractivity contribution in [1.82, 2.24) is 5.32 Å². The zero-order valence-electron chi connectivity index (χ0n) is 11.9. The Morgan fingerprint density at radius 3 is 2.40 bits per heavy atom. The second kappa shape index (κ2) is 8.27. The van der Waals surface area contributed by atoms with Crippen LogP contribution in [0.2, 0.25) is 0 Å². The van der Waals surface area contributed by atoms with Gasteiger partial charge in [0.05, 0.1) is 25.2 Å². The molecule has 0 spiro atoms. The normalized spacial score (nSPS) is 15.1. The quantitative estimate of drug-likeness (QED) is 0.778. The summed E-state index contributed by atoms with van der Waals surface area (Å²) >= 11 is 0. The van der Waals surface area contributed by atoms with Gasteiger partial charge in [-0.05, 0) is 25.5 Å². The molecule has 20 heavy (non-hydrogen) atoms. The number of rotatable bonds is 8. The molecule has 2 unspecified atom stereocenters. The summed E-state index contributed by atoms with van der Waals surface area (Å²) in [5, 5.41) is 3.33. The van der Waals surface area contributed by atoms with Crippen LogP contribution in [0.1, 0.15) is 38.3 Å². The zero-order chi connectivity index (χ0) is 15.0. The Bertz CT molecular complexity index is 367. The van der Waals surface area contributed by atoms with Crippen LogP contribution in [0.25, 0.3) is 0 Å². The smallest absolute Gasteiger partial charge is 0.376 e. The van der Waals surface area contributed by atoms with Crippen LogP contribution >= 0.6 is 0 Å². The molecule has 0 aliphatic carbocycles. The second-order valence-corrected chi connectivity index (χ2v) is 4.78. The van der Waals surface area contributed by atoms with Crippen LogP contribution in [-0.2, 0) is 4.74 Å². The number of hydrogen-bond acceptors (Lipinski definition) is 2. The van der Waals surface area contributed by atoms with Crippen molar-refractivity contribution >= 4 is 0 Å². The molecule has 0 fully saturated rings. The molecule has 0 bridgehead atoms. The third-order valence-electron chi connectivity index (χ3n) is 3.01. The molecule has 1 N–H and O–H groups in total. The van der Waals surface area contributed by atoms with Crippen molar-refractivity contribution in [2.75, 3.05) is 13.2 Å². The third-order valence-corrected chi connectivity index (χ3v) is 3.01. The number of benzene rings is 1. The minimum atomic E-state index is -4.17.